The highest BCUT2D eigenvalue weighted by Gasteiger charge is 2.30. The molecule has 2 aromatic carbocycles. The van der Waals surface area contributed by atoms with E-state index in [-0.39, 0.29) is 11.9 Å². The number of rotatable bonds is 2. The van der Waals surface area contributed by atoms with E-state index in [0.717, 1.165) is 16.5 Å². The predicted octanol–water partition coefficient (Wildman–Crippen LogP) is 3.00. The van der Waals surface area contributed by atoms with Crippen LogP contribution < -0.4 is 0 Å². The standard InChI is InChI=1S/C20H17N5O/c26-20(17-8-3-6-14-11-21-23-19(14)17)24-12-15-5-1-2-7-16(15)18(13-24)25-10-4-9-22-25/h1-11,18H,12-13H2,(H,21,23)/t18-/m1/s1. The van der Waals surface area contributed by atoms with Gasteiger partial charge in [0, 0.05) is 30.9 Å². The molecule has 1 atom stereocenters. The molecule has 0 bridgehead atoms. The Hall–Kier alpha value is -3.41. The first-order valence-corrected chi connectivity index (χ1v) is 8.59. The normalized spacial score (nSPS) is 16.6. The fourth-order valence-electron chi connectivity index (χ4n) is 3.74. The van der Waals surface area contributed by atoms with Crippen LogP contribution in [0.2, 0.25) is 0 Å². The third kappa shape index (κ3) is 2.30. The molecule has 0 unspecified atom stereocenters. The molecule has 1 amide bonds. The van der Waals surface area contributed by atoms with Gasteiger partial charge in [0.2, 0.25) is 0 Å². The Morgan fingerprint density at radius 1 is 1.12 bits per heavy atom. The molecule has 1 N–H and O–H groups in total. The van der Waals surface area contributed by atoms with E-state index in [1.165, 1.54) is 5.56 Å². The van der Waals surface area contributed by atoms with Crippen LogP contribution in [0.3, 0.4) is 0 Å². The second kappa shape index (κ2) is 5.84. The van der Waals surface area contributed by atoms with E-state index in [2.05, 4.69) is 27.4 Å². The first-order valence-electron chi connectivity index (χ1n) is 8.59. The molecule has 26 heavy (non-hydrogen) atoms. The number of hydrogen-bond donors (Lipinski definition) is 1. The van der Waals surface area contributed by atoms with Gasteiger partial charge < -0.3 is 4.90 Å². The summed E-state index contributed by atoms with van der Waals surface area (Å²) in [4.78, 5) is 15.2. The minimum Gasteiger partial charge on any atom is -0.332 e. The molecule has 0 saturated heterocycles. The van der Waals surface area contributed by atoms with Crippen molar-refractivity contribution >= 4 is 16.8 Å². The molecule has 0 aliphatic carbocycles. The largest absolute Gasteiger partial charge is 0.332 e. The average Bonchev–Trinajstić information content (AvgIpc) is 3.38. The monoisotopic (exact) mass is 343 g/mol. The Bertz CT molecular complexity index is 1080. The number of aromatic nitrogens is 4. The third-order valence-electron chi connectivity index (χ3n) is 5.01. The maximum Gasteiger partial charge on any atom is 0.256 e. The second-order valence-electron chi connectivity index (χ2n) is 6.53. The van der Waals surface area contributed by atoms with Crippen LogP contribution in [-0.4, -0.2) is 37.3 Å². The number of fused-ring (bicyclic) bond motifs is 2. The van der Waals surface area contributed by atoms with Gasteiger partial charge >= 0.3 is 0 Å². The summed E-state index contributed by atoms with van der Waals surface area (Å²) in [5.74, 6) is 0.00603. The number of nitrogens with one attached hydrogen (secondary N) is 1. The van der Waals surface area contributed by atoms with E-state index >= 15 is 0 Å². The van der Waals surface area contributed by atoms with E-state index in [9.17, 15) is 4.79 Å². The number of para-hydroxylation sites is 1. The lowest BCUT2D eigenvalue weighted by Crippen LogP contribution is -2.40. The van der Waals surface area contributed by atoms with Crippen molar-refractivity contribution in [3.63, 3.8) is 0 Å². The highest BCUT2D eigenvalue weighted by Crippen LogP contribution is 2.30. The van der Waals surface area contributed by atoms with E-state index in [1.807, 2.05) is 52.2 Å². The zero-order valence-corrected chi connectivity index (χ0v) is 14.0. The summed E-state index contributed by atoms with van der Waals surface area (Å²) < 4.78 is 1.93. The second-order valence-corrected chi connectivity index (χ2v) is 6.53. The number of carbonyl (C=O) groups excluding carboxylic acids is 1. The molecule has 2 aromatic heterocycles. The molecule has 0 radical (unpaired) electrons. The van der Waals surface area contributed by atoms with Gasteiger partial charge in [-0.05, 0) is 23.3 Å². The maximum absolute atomic E-state index is 13.3. The quantitative estimate of drug-likeness (QED) is 0.608. The Labute approximate surface area is 150 Å². The van der Waals surface area contributed by atoms with E-state index in [1.54, 1.807) is 12.4 Å². The molecule has 128 valence electrons. The Morgan fingerprint density at radius 3 is 2.92 bits per heavy atom. The van der Waals surface area contributed by atoms with Gasteiger partial charge in [-0.2, -0.15) is 10.2 Å². The summed E-state index contributed by atoms with van der Waals surface area (Å²) in [7, 11) is 0. The predicted molar refractivity (Wildman–Crippen MR) is 97.6 cm³/mol. The topological polar surface area (TPSA) is 66.8 Å². The number of H-pyrrole nitrogens is 1. The lowest BCUT2D eigenvalue weighted by atomic mass is 9.95. The van der Waals surface area contributed by atoms with E-state index < -0.39 is 0 Å². The van der Waals surface area contributed by atoms with Crippen molar-refractivity contribution in [3.8, 4) is 0 Å². The highest BCUT2D eigenvalue weighted by atomic mass is 16.2. The van der Waals surface area contributed by atoms with Crippen LogP contribution in [-0.2, 0) is 6.54 Å². The minimum atomic E-state index is 0.00603. The average molecular weight is 343 g/mol. The van der Waals surface area contributed by atoms with Crippen molar-refractivity contribution in [2.75, 3.05) is 6.54 Å². The van der Waals surface area contributed by atoms with Crippen molar-refractivity contribution in [2.45, 2.75) is 12.6 Å². The zero-order valence-electron chi connectivity index (χ0n) is 14.0. The lowest BCUT2D eigenvalue weighted by molar-refractivity contribution is 0.0708. The first-order chi connectivity index (χ1) is 12.8. The maximum atomic E-state index is 13.3. The zero-order chi connectivity index (χ0) is 17.5. The third-order valence-corrected chi connectivity index (χ3v) is 5.01. The van der Waals surface area contributed by atoms with Crippen molar-refractivity contribution in [1.29, 1.82) is 0 Å². The smallest absolute Gasteiger partial charge is 0.256 e. The summed E-state index contributed by atoms with van der Waals surface area (Å²) in [6, 6.07) is 15.9. The number of carbonyl (C=O) groups is 1. The number of nitrogens with zero attached hydrogens (tertiary/aromatic N) is 4. The molecule has 3 heterocycles. The molecule has 0 fully saturated rings. The first kappa shape index (κ1) is 14.9. The molecule has 1 aliphatic heterocycles. The molecule has 5 rings (SSSR count). The Balaban J connectivity index is 1.56. The highest BCUT2D eigenvalue weighted by molar-refractivity contribution is 6.05. The summed E-state index contributed by atoms with van der Waals surface area (Å²) in [5, 5.41) is 12.4. The van der Waals surface area contributed by atoms with E-state index in [4.69, 9.17) is 0 Å². The summed E-state index contributed by atoms with van der Waals surface area (Å²) in [5.41, 5.74) is 3.81. The van der Waals surface area contributed by atoms with Gasteiger partial charge in [-0.1, -0.05) is 36.4 Å². The van der Waals surface area contributed by atoms with Crippen LogP contribution in [0, 0.1) is 0 Å². The van der Waals surface area contributed by atoms with Gasteiger partial charge in [-0.15, -0.1) is 0 Å². The fourth-order valence-corrected chi connectivity index (χ4v) is 3.74. The number of benzene rings is 2. The van der Waals surface area contributed by atoms with Crippen LogP contribution in [0.25, 0.3) is 10.9 Å². The summed E-state index contributed by atoms with van der Waals surface area (Å²) >= 11 is 0. The number of hydrogen-bond acceptors (Lipinski definition) is 3. The van der Waals surface area contributed by atoms with Crippen molar-refractivity contribution in [1.82, 2.24) is 24.9 Å². The molecule has 6 heteroatoms. The van der Waals surface area contributed by atoms with E-state index in [0.29, 0.717) is 18.7 Å². The number of amides is 1. The molecule has 4 aromatic rings. The Kier molecular flexibility index (Phi) is 3.35. The molecule has 0 saturated carbocycles. The van der Waals surface area contributed by atoms with Crippen molar-refractivity contribution < 1.29 is 4.79 Å². The molecule has 0 spiro atoms. The molecular formula is C20H17N5O. The van der Waals surface area contributed by atoms with Gasteiger partial charge in [-0.25, -0.2) is 0 Å². The number of aromatic amines is 1. The Morgan fingerprint density at radius 2 is 2.04 bits per heavy atom. The molecule has 6 nitrogen and oxygen atoms in total. The lowest BCUT2D eigenvalue weighted by Gasteiger charge is -2.35. The van der Waals surface area contributed by atoms with Gasteiger partial charge in [0.25, 0.3) is 5.91 Å². The van der Waals surface area contributed by atoms with Gasteiger partial charge in [0.1, 0.15) is 0 Å². The van der Waals surface area contributed by atoms with Crippen LogP contribution in [0.1, 0.15) is 27.5 Å². The molecular weight excluding hydrogens is 326 g/mol. The summed E-state index contributed by atoms with van der Waals surface area (Å²) in [6.07, 6.45) is 5.46. The van der Waals surface area contributed by atoms with Crippen LogP contribution in [0.15, 0.2) is 67.1 Å². The SMILES string of the molecule is O=C(c1cccc2cn[nH]c12)N1Cc2ccccc2[C@H](n2cccn2)C1. The molecule has 1 aliphatic rings. The van der Waals surface area contributed by atoms with Crippen LogP contribution >= 0.6 is 0 Å². The van der Waals surface area contributed by atoms with Crippen molar-refractivity contribution in [3.05, 3.63) is 83.8 Å². The fraction of sp³-hybridized carbons (Fsp3) is 0.150. The van der Waals surface area contributed by atoms with Crippen LogP contribution in [0.4, 0.5) is 0 Å². The van der Waals surface area contributed by atoms with Crippen molar-refractivity contribution in [2.24, 2.45) is 0 Å². The summed E-state index contributed by atoms with van der Waals surface area (Å²) in [6.45, 7) is 1.18. The minimum absolute atomic E-state index is 0.00603. The van der Waals surface area contributed by atoms with Gasteiger partial charge in [-0.3, -0.25) is 14.6 Å². The van der Waals surface area contributed by atoms with Crippen LogP contribution in [0.5, 0.6) is 0 Å². The van der Waals surface area contributed by atoms with Gasteiger partial charge in [0.05, 0.1) is 23.3 Å². The van der Waals surface area contributed by atoms with Gasteiger partial charge in [0.15, 0.2) is 0 Å².